The van der Waals surface area contributed by atoms with E-state index >= 15 is 0 Å². The maximum absolute atomic E-state index is 11.8. The zero-order valence-corrected chi connectivity index (χ0v) is 11.1. The molecule has 0 amide bonds. The number of carbonyl (C=O) groups is 1. The van der Waals surface area contributed by atoms with Crippen molar-refractivity contribution < 1.29 is 13.2 Å². The molecule has 0 spiro atoms. The molecule has 1 aromatic rings. The summed E-state index contributed by atoms with van der Waals surface area (Å²) in [6.45, 7) is 0.0482. The van der Waals surface area contributed by atoms with Gasteiger partial charge in [0.1, 0.15) is 0 Å². The van der Waals surface area contributed by atoms with Gasteiger partial charge in [-0.05, 0) is 0 Å². The van der Waals surface area contributed by atoms with Crippen molar-refractivity contribution in [3.8, 4) is 0 Å². The van der Waals surface area contributed by atoms with Crippen LogP contribution in [0.1, 0.15) is 10.4 Å². The Morgan fingerprint density at radius 2 is 1.94 bits per heavy atom. The van der Waals surface area contributed by atoms with Gasteiger partial charge in [-0.3, -0.25) is 4.79 Å². The van der Waals surface area contributed by atoms with Crippen molar-refractivity contribution in [3.05, 3.63) is 35.9 Å². The number of benzene rings is 1. The molecule has 0 saturated heterocycles. The highest BCUT2D eigenvalue weighted by molar-refractivity contribution is 9.10. The number of rotatable bonds is 5. The predicted molar refractivity (Wildman–Crippen MR) is 66.3 cm³/mol. The minimum Gasteiger partial charge on any atom is -0.293 e. The van der Waals surface area contributed by atoms with Crippen molar-refractivity contribution in [2.45, 2.75) is 4.83 Å². The Balaban J connectivity index is 2.62. The fourth-order valence-corrected chi connectivity index (χ4v) is 2.21. The summed E-state index contributed by atoms with van der Waals surface area (Å²) in [6, 6.07) is 8.72. The van der Waals surface area contributed by atoms with E-state index < -0.39 is 14.9 Å². The van der Waals surface area contributed by atoms with Crippen molar-refractivity contribution in [1.29, 1.82) is 0 Å². The van der Waals surface area contributed by atoms with Crippen LogP contribution in [0.15, 0.2) is 30.3 Å². The summed E-state index contributed by atoms with van der Waals surface area (Å²) < 4.78 is 24.0. The van der Waals surface area contributed by atoms with Crippen LogP contribution in [0.5, 0.6) is 0 Å². The molecular weight excluding hydrogens is 294 g/mol. The molecule has 1 rings (SSSR count). The first kappa shape index (κ1) is 13.3. The van der Waals surface area contributed by atoms with E-state index in [4.69, 9.17) is 0 Å². The van der Waals surface area contributed by atoms with Gasteiger partial charge < -0.3 is 0 Å². The van der Waals surface area contributed by atoms with Gasteiger partial charge in [-0.25, -0.2) is 13.1 Å². The van der Waals surface area contributed by atoms with Crippen molar-refractivity contribution in [3.63, 3.8) is 0 Å². The highest BCUT2D eigenvalue weighted by Crippen LogP contribution is 2.09. The van der Waals surface area contributed by atoms with Gasteiger partial charge in [0, 0.05) is 12.1 Å². The lowest BCUT2D eigenvalue weighted by molar-refractivity contribution is 0.0992. The summed E-state index contributed by atoms with van der Waals surface area (Å²) in [6.07, 6.45) is 1.06. The minimum atomic E-state index is -3.27. The molecule has 6 heteroatoms. The van der Waals surface area contributed by atoms with Gasteiger partial charge in [0.2, 0.25) is 10.0 Å². The lowest BCUT2D eigenvalue weighted by Crippen LogP contribution is -2.32. The second-order valence-corrected chi connectivity index (χ2v) is 6.26. The Labute approximate surface area is 103 Å². The van der Waals surface area contributed by atoms with E-state index in [1.165, 1.54) is 0 Å². The Hall–Kier alpha value is -0.720. The normalized spacial score (nSPS) is 13.4. The molecule has 0 aliphatic carbocycles. The molecule has 0 heterocycles. The van der Waals surface area contributed by atoms with Crippen molar-refractivity contribution in [2.24, 2.45) is 0 Å². The Morgan fingerprint density at radius 3 is 2.44 bits per heavy atom. The van der Waals surface area contributed by atoms with E-state index in [1.807, 2.05) is 6.07 Å². The molecule has 0 fully saturated rings. The zero-order chi connectivity index (χ0) is 12.2. The van der Waals surface area contributed by atoms with Gasteiger partial charge in [-0.15, -0.1) is 0 Å². The number of hydrogen-bond acceptors (Lipinski definition) is 3. The van der Waals surface area contributed by atoms with Gasteiger partial charge in [-0.1, -0.05) is 46.3 Å². The number of alkyl halides is 1. The van der Waals surface area contributed by atoms with E-state index in [-0.39, 0.29) is 12.3 Å². The highest BCUT2D eigenvalue weighted by Gasteiger charge is 2.17. The topological polar surface area (TPSA) is 63.2 Å². The molecule has 0 saturated carbocycles. The molecule has 0 radical (unpaired) electrons. The van der Waals surface area contributed by atoms with Crippen LogP contribution in [-0.4, -0.2) is 31.8 Å². The molecule has 0 aromatic heterocycles. The molecule has 0 bridgehead atoms. The quantitative estimate of drug-likeness (QED) is 0.656. The van der Waals surface area contributed by atoms with Crippen molar-refractivity contribution in [1.82, 2.24) is 4.72 Å². The first-order chi connectivity index (χ1) is 7.40. The van der Waals surface area contributed by atoms with Gasteiger partial charge in [-0.2, -0.15) is 0 Å². The number of carbonyl (C=O) groups excluding carboxylic acids is 1. The van der Waals surface area contributed by atoms with Crippen LogP contribution >= 0.6 is 15.9 Å². The first-order valence-corrected chi connectivity index (χ1v) is 7.39. The highest BCUT2D eigenvalue weighted by atomic mass is 79.9. The maximum Gasteiger partial charge on any atom is 0.208 e. The summed E-state index contributed by atoms with van der Waals surface area (Å²) in [5, 5.41) is 0. The van der Waals surface area contributed by atoms with E-state index in [9.17, 15) is 13.2 Å². The summed E-state index contributed by atoms with van der Waals surface area (Å²) in [4.78, 5) is 11.2. The lowest BCUT2D eigenvalue weighted by Gasteiger charge is -2.08. The number of nitrogens with one attached hydrogen (secondary N) is 1. The second-order valence-electron chi connectivity index (χ2n) is 3.32. The number of ketones is 1. The molecular formula is C10H12BrNO3S. The summed E-state index contributed by atoms with van der Waals surface area (Å²) in [5.41, 5.74) is 0.555. The van der Waals surface area contributed by atoms with E-state index in [0.29, 0.717) is 5.56 Å². The fraction of sp³-hybridized carbons (Fsp3) is 0.300. The largest absolute Gasteiger partial charge is 0.293 e. The third-order valence-electron chi connectivity index (χ3n) is 1.87. The van der Waals surface area contributed by atoms with Crippen LogP contribution in [0.4, 0.5) is 0 Å². The molecule has 1 N–H and O–H groups in total. The first-order valence-electron chi connectivity index (χ1n) is 4.58. The van der Waals surface area contributed by atoms with Crippen LogP contribution in [0.3, 0.4) is 0 Å². The van der Waals surface area contributed by atoms with E-state index in [2.05, 4.69) is 20.7 Å². The molecule has 4 nitrogen and oxygen atoms in total. The zero-order valence-electron chi connectivity index (χ0n) is 8.68. The Bertz CT molecular complexity index is 458. The molecule has 0 aliphatic rings. The molecule has 1 unspecified atom stereocenters. The monoisotopic (exact) mass is 305 g/mol. The van der Waals surface area contributed by atoms with E-state index in [0.717, 1.165) is 6.26 Å². The van der Waals surface area contributed by atoms with Crippen molar-refractivity contribution in [2.75, 3.05) is 12.8 Å². The van der Waals surface area contributed by atoms with Gasteiger partial charge >= 0.3 is 0 Å². The lowest BCUT2D eigenvalue weighted by atomic mass is 10.1. The van der Waals surface area contributed by atoms with Gasteiger partial charge in [0.05, 0.1) is 11.1 Å². The van der Waals surface area contributed by atoms with Crippen LogP contribution in [0.25, 0.3) is 0 Å². The summed E-state index contributed by atoms with van der Waals surface area (Å²) in [7, 11) is -3.27. The van der Waals surface area contributed by atoms with Crippen molar-refractivity contribution >= 4 is 31.7 Å². The Morgan fingerprint density at radius 1 is 1.38 bits per heavy atom. The van der Waals surface area contributed by atoms with Crippen LogP contribution < -0.4 is 4.72 Å². The SMILES string of the molecule is CS(=O)(=O)NCC(Br)C(=O)c1ccccc1. The maximum atomic E-state index is 11.8. The molecule has 0 aliphatic heterocycles. The van der Waals surface area contributed by atoms with Gasteiger partial charge in [0.15, 0.2) is 5.78 Å². The molecule has 88 valence electrons. The standard InChI is InChI=1S/C10H12BrNO3S/c1-16(14,15)12-7-9(11)10(13)8-5-3-2-4-6-8/h2-6,9,12H,7H2,1H3. The van der Waals surface area contributed by atoms with Gasteiger partial charge in [0.25, 0.3) is 0 Å². The average molecular weight is 306 g/mol. The number of hydrogen-bond donors (Lipinski definition) is 1. The third-order valence-corrected chi connectivity index (χ3v) is 3.30. The number of Topliss-reactive ketones (excluding diaryl/α,β-unsaturated/α-hetero) is 1. The predicted octanol–water partition coefficient (Wildman–Crippen LogP) is 1.18. The minimum absolute atomic E-state index is 0.0482. The smallest absolute Gasteiger partial charge is 0.208 e. The molecule has 1 aromatic carbocycles. The van der Waals surface area contributed by atoms with Crippen LogP contribution in [0, 0.1) is 0 Å². The molecule has 1 atom stereocenters. The second kappa shape index (κ2) is 5.56. The number of sulfonamides is 1. The fourth-order valence-electron chi connectivity index (χ4n) is 1.10. The Kier molecular flexibility index (Phi) is 4.64. The summed E-state index contributed by atoms with van der Waals surface area (Å²) >= 11 is 3.16. The third kappa shape index (κ3) is 4.42. The average Bonchev–Trinajstić information content (AvgIpc) is 2.25. The number of halogens is 1. The summed E-state index contributed by atoms with van der Waals surface area (Å²) in [5.74, 6) is -0.142. The molecule has 16 heavy (non-hydrogen) atoms. The van der Waals surface area contributed by atoms with Crippen LogP contribution in [-0.2, 0) is 10.0 Å². The van der Waals surface area contributed by atoms with Crippen LogP contribution in [0.2, 0.25) is 0 Å². The van der Waals surface area contributed by atoms with E-state index in [1.54, 1.807) is 24.3 Å².